The van der Waals surface area contributed by atoms with Crippen LogP contribution in [-0.4, -0.2) is 43.0 Å². The van der Waals surface area contributed by atoms with Crippen molar-refractivity contribution in [1.29, 1.82) is 0 Å². The third-order valence-corrected chi connectivity index (χ3v) is 5.63. The van der Waals surface area contributed by atoms with Gasteiger partial charge in [-0.2, -0.15) is 0 Å². The molecule has 0 atom stereocenters. The number of nitrogens with zero attached hydrogens (tertiary/aromatic N) is 1. The second-order valence-corrected chi connectivity index (χ2v) is 8.27. The Hall–Kier alpha value is -3.02. The lowest BCUT2D eigenvalue weighted by Crippen LogP contribution is -2.35. The highest BCUT2D eigenvalue weighted by atomic mass is 16.5. The van der Waals surface area contributed by atoms with Crippen LogP contribution in [-0.2, 0) is 4.79 Å². The molecule has 0 saturated carbocycles. The quantitative estimate of drug-likeness (QED) is 0.467. The SMILES string of the molecule is CCCCCCOc1ccc(NC(=O)CNc2ccc(C(=O)N3CCCCC3)cc2)cc1. The first kappa shape index (κ1) is 23.6. The molecule has 0 bridgehead atoms. The van der Waals surface area contributed by atoms with Gasteiger partial charge >= 0.3 is 0 Å². The van der Waals surface area contributed by atoms with Crippen molar-refractivity contribution >= 4 is 23.2 Å². The highest BCUT2D eigenvalue weighted by molar-refractivity contribution is 5.95. The van der Waals surface area contributed by atoms with Gasteiger partial charge in [-0.1, -0.05) is 26.2 Å². The number of hydrogen-bond donors (Lipinski definition) is 2. The number of carbonyl (C=O) groups is 2. The maximum absolute atomic E-state index is 12.5. The van der Waals surface area contributed by atoms with Gasteiger partial charge in [0.05, 0.1) is 13.2 Å². The summed E-state index contributed by atoms with van der Waals surface area (Å²) in [6.45, 7) is 4.74. The summed E-state index contributed by atoms with van der Waals surface area (Å²) < 4.78 is 5.73. The van der Waals surface area contributed by atoms with Gasteiger partial charge in [-0.15, -0.1) is 0 Å². The number of rotatable bonds is 11. The smallest absolute Gasteiger partial charge is 0.253 e. The lowest BCUT2D eigenvalue weighted by atomic mass is 10.1. The van der Waals surface area contributed by atoms with Crippen molar-refractivity contribution in [2.24, 2.45) is 0 Å². The number of hydrogen-bond acceptors (Lipinski definition) is 4. The van der Waals surface area contributed by atoms with E-state index in [1.807, 2.05) is 53.4 Å². The summed E-state index contributed by atoms with van der Waals surface area (Å²) in [5.74, 6) is 0.769. The number of amides is 2. The van der Waals surface area contributed by atoms with Gasteiger partial charge < -0.3 is 20.3 Å². The third kappa shape index (κ3) is 7.59. The number of carbonyl (C=O) groups excluding carboxylic acids is 2. The van der Waals surface area contributed by atoms with E-state index in [2.05, 4.69) is 17.6 Å². The van der Waals surface area contributed by atoms with Crippen molar-refractivity contribution < 1.29 is 14.3 Å². The molecular formula is C26H35N3O3. The first-order valence-electron chi connectivity index (χ1n) is 11.8. The van der Waals surface area contributed by atoms with Gasteiger partial charge in [0.2, 0.25) is 5.91 Å². The predicted molar refractivity (Wildman–Crippen MR) is 129 cm³/mol. The van der Waals surface area contributed by atoms with Crippen LogP contribution in [0, 0.1) is 0 Å². The number of piperidine rings is 1. The fourth-order valence-corrected chi connectivity index (χ4v) is 3.75. The second kappa shape index (κ2) is 12.7. The highest BCUT2D eigenvalue weighted by Gasteiger charge is 2.17. The van der Waals surface area contributed by atoms with Crippen LogP contribution in [0.15, 0.2) is 48.5 Å². The Labute approximate surface area is 191 Å². The van der Waals surface area contributed by atoms with E-state index in [1.54, 1.807) is 0 Å². The van der Waals surface area contributed by atoms with Gasteiger partial charge in [-0.05, 0) is 74.2 Å². The molecule has 0 unspecified atom stereocenters. The molecule has 0 aliphatic carbocycles. The fourth-order valence-electron chi connectivity index (χ4n) is 3.75. The topological polar surface area (TPSA) is 70.7 Å². The molecule has 0 spiro atoms. The van der Waals surface area contributed by atoms with Crippen molar-refractivity contribution in [3.8, 4) is 5.75 Å². The van der Waals surface area contributed by atoms with Crippen molar-refractivity contribution in [3.63, 3.8) is 0 Å². The van der Waals surface area contributed by atoms with Crippen LogP contribution >= 0.6 is 0 Å². The number of likely N-dealkylation sites (tertiary alicyclic amines) is 1. The molecule has 6 nitrogen and oxygen atoms in total. The van der Waals surface area contributed by atoms with Gasteiger partial charge in [-0.3, -0.25) is 9.59 Å². The second-order valence-electron chi connectivity index (χ2n) is 8.27. The summed E-state index contributed by atoms with van der Waals surface area (Å²) in [7, 11) is 0. The Balaban J connectivity index is 1.39. The molecule has 1 aliphatic rings. The van der Waals surface area contributed by atoms with E-state index >= 15 is 0 Å². The monoisotopic (exact) mass is 437 g/mol. The molecule has 1 fully saturated rings. The molecule has 172 valence electrons. The minimum Gasteiger partial charge on any atom is -0.494 e. The van der Waals surface area contributed by atoms with Crippen LogP contribution in [0.3, 0.4) is 0 Å². The summed E-state index contributed by atoms with van der Waals surface area (Å²) in [6.07, 6.45) is 8.06. The summed E-state index contributed by atoms with van der Waals surface area (Å²) >= 11 is 0. The van der Waals surface area contributed by atoms with E-state index in [0.29, 0.717) is 5.56 Å². The third-order valence-electron chi connectivity index (χ3n) is 5.63. The zero-order valence-electron chi connectivity index (χ0n) is 19.1. The van der Waals surface area contributed by atoms with Crippen LogP contribution in [0.1, 0.15) is 62.2 Å². The van der Waals surface area contributed by atoms with Crippen LogP contribution < -0.4 is 15.4 Å². The molecule has 2 aromatic carbocycles. The molecule has 1 aliphatic heterocycles. The van der Waals surface area contributed by atoms with Gasteiger partial charge in [0.1, 0.15) is 5.75 Å². The molecule has 3 rings (SSSR count). The molecule has 1 saturated heterocycles. The molecule has 32 heavy (non-hydrogen) atoms. The van der Waals surface area contributed by atoms with Gasteiger partial charge in [0.25, 0.3) is 5.91 Å². The summed E-state index contributed by atoms with van der Waals surface area (Å²) in [6, 6.07) is 14.8. The molecule has 2 amide bonds. The zero-order chi connectivity index (χ0) is 22.6. The van der Waals surface area contributed by atoms with Crippen molar-refractivity contribution in [1.82, 2.24) is 4.90 Å². The average molecular weight is 438 g/mol. The van der Waals surface area contributed by atoms with Crippen LogP contribution in [0.4, 0.5) is 11.4 Å². The largest absolute Gasteiger partial charge is 0.494 e. The molecule has 0 aromatic heterocycles. The Morgan fingerprint density at radius 1 is 0.875 bits per heavy atom. The Bertz CT molecular complexity index is 844. The predicted octanol–water partition coefficient (Wildman–Crippen LogP) is 5.32. The summed E-state index contributed by atoms with van der Waals surface area (Å²) in [5.41, 5.74) is 2.23. The first-order valence-corrected chi connectivity index (χ1v) is 11.8. The van der Waals surface area contributed by atoms with E-state index in [9.17, 15) is 9.59 Å². The number of benzene rings is 2. The normalized spacial score (nSPS) is 13.5. The van der Waals surface area contributed by atoms with E-state index in [4.69, 9.17) is 4.74 Å². The zero-order valence-corrected chi connectivity index (χ0v) is 19.1. The van der Waals surface area contributed by atoms with Crippen LogP contribution in [0.25, 0.3) is 0 Å². The van der Waals surface area contributed by atoms with Crippen LogP contribution in [0.5, 0.6) is 5.75 Å². The molecular weight excluding hydrogens is 402 g/mol. The van der Waals surface area contributed by atoms with Crippen molar-refractivity contribution in [2.45, 2.75) is 51.9 Å². The number of ether oxygens (including phenoxy) is 1. The molecule has 6 heteroatoms. The number of unbranched alkanes of at least 4 members (excludes halogenated alkanes) is 3. The Kier molecular flexibility index (Phi) is 9.41. The van der Waals surface area contributed by atoms with Crippen molar-refractivity contribution in [2.75, 3.05) is 36.9 Å². The number of anilines is 2. The van der Waals surface area contributed by atoms with E-state index < -0.39 is 0 Å². The summed E-state index contributed by atoms with van der Waals surface area (Å²) in [5, 5.41) is 5.98. The maximum Gasteiger partial charge on any atom is 0.253 e. The number of nitrogens with one attached hydrogen (secondary N) is 2. The highest BCUT2D eigenvalue weighted by Crippen LogP contribution is 2.17. The molecule has 2 N–H and O–H groups in total. The van der Waals surface area contributed by atoms with Crippen LogP contribution in [0.2, 0.25) is 0 Å². The van der Waals surface area contributed by atoms with E-state index in [-0.39, 0.29) is 18.4 Å². The Morgan fingerprint density at radius 3 is 2.25 bits per heavy atom. The lowest BCUT2D eigenvalue weighted by Gasteiger charge is -2.26. The van der Waals surface area contributed by atoms with E-state index in [0.717, 1.165) is 56.1 Å². The average Bonchev–Trinajstić information content (AvgIpc) is 2.84. The fraction of sp³-hybridized carbons (Fsp3) is 0.462. The minimum absolute atomic E-state index is 0.0855. The molecule has 2 aromatic rings. The van der Waals surface area contributed by atoms with Gasteiger partial charge in [0.15, 0.2) is 0 Å². The van der Waals surface area contributed by atoms with E-state index in [1.165, 1.54) is 25.7 Å². The summed E-state index contributed by atoms with van der Waals surface area (Å²) in [4.78, 5) is 26.7. The maximum atomic E-state index is 12.5. The van der Waals surface area contributed by atoms with Crippen molar-refractivity contribution in [3.05, 3.63) is 54.1 Å². The Morgan fingerprint density at radius 2 is 1.56 bits per heavy atom. The van der Waals surface area contributed by atoms with Gasteiger partial charge in [-0.25, -0.2) is 0 Å². The van der Waals surface area contributed by atoms with Gasteiger partial charge in [0, 0.05) is 30.0 Å². The lowest BCUT2D eigenvalue weighted by molar-refractivity contribution is -0.114. The first-order chi connectivity index (χ1) is 15.7. The standard InChI is InChI=1S/C26H35N3O3/c1-2-3-4-8-19-32-24-15-13-23(14-16-24)28-25(30)20-27-22-11-9-21(10-12-22)26(31)29-17-6-5-7-18-29/h9-16,27H,2-8,17-20H2,1H3,(H,28,30). The minimum atomic E-state index is -0.133. The molecule has 0 radical (unpaired) electrons. The molecule has 1 heterocycles.